The first-order chi connectivity index (χ1) is 7.29. The Bertz CT molecular complexity index is 177. The van der Waals surface area contributed by atoms with Crippen LogP contribution in [-0.2, 0) is 0 Å². The van der Waals surface area contributed by atoms with Gasteiger partial charge in [0.15, 0.2) is 0 Å². The van der Waals surface area contributed by atoms with Crippen LogP contribution in [0.2, 0.25) is 0 Å². The van der Waals surface area contributed by atoms with Crippen molar-refractivity contribution in [3.63, 3.8) is 0 Å². The standard InChI is InChI=1S/C13H26N2/c1-3-14-8-10-15(11-9-14)13-6-4-12(2)5-7-13/h12-13H,3-11H2,1-2H3/p+2. The summed E-state index contributed by atoms with van der Waals surface area (Å²) in [4.78, 5) is 3.75. The number of rotatable bonds is 2. The van der Waals surface area contributed by atoms with Crippen molar-refractivity contribution in [3.05, 3.63) is 0 Å². The van der Waals surface area contributed by atoms with Crippen molar-refractivity contribution >= 4 is 0 Å². The lowest BCUT2D eigenvalue weighted by Gasteiger charge is -2.37. The molecule has 1 saturated carbocycles. The van der Waals surface area contributed by atoms with Crippen LogP contribution in [0.3, 0.4) is 0 Å². The third kappa shape index (κ3) is 2.94. The molecule has 1 aliphatic heterocycles. The van der Waals surface area contributed by atoms with Crippen LogP contribution in [0.15, 0.2) is 0 Å². The average Bonchev–Trinajstić information content (AvgIpc) is 2.30. The number of likely N-dealkylation sites (N-methyl/N-ethyl adjacent to an activating group) is 1. The van der Waals surface area contributed by atoms with E-state index in [1.165, 1.54) is 58.4 Å². The van der Waals surface area contributed by atoms with Gasteiger partial charge in [-0.2, -0.15) is 0 Å². The van der Waals surface area contributed by atoms with Gasteiger partial charge in [-0.15, -0.1) is 0 Å². The van der Waals surface area contributed by atoms with Crippen LogP contribution >= 0.6 is 0 Å². The van der Waals surface area contributed by atoms with Gasteiger partial charge >= 0.3 is 0 Å². The third-order valence-corrected chi connectivity index (χ3v) is 4.69. The maximum atomic E-state index is 2.42. The van der Waals surface area contributed by atoms with Gasteiger partial charge in [-0.1, -0.05) is 6.92 Å². The molecule has 2 fully saturated rings. The van der Waals surface area contributed by atoms with E-state index < -0.39 is 0 Å². The number of nitrogens with one attached hydrogen (secondary N) is 2. The zero-order valence-electron chi connectivity index (χ0n) is 10.5. The van der Waals surface area contributed by atoms with E-state index >= 15 is 0 Å². The molecule has 2 rings (SSSR count). The molecular formula is C13H28N2+2. The summed E-state index contributed by atoms with van der Waals surface area (Å²) in [5.41, 5.74) is 0. The Kier molecular flexibility index (Phi) is 4.04. The van der Waals surface area contributed by atoms with Crippen molar-refractivity contribution in [1.29, 1.82) is 0 Å². The van der Waals surface area contributed by atoms with Crippen molar-refractivity contribution in [1.82, 2.24) is 0 Å². The van der Waals surface area contributed by atoms with Crippen LogP contribution in [0, 0.1) is 5.92 Å². The number of piperazine rings is 1. The van der Waals surface area contributed by atoms with E-state index in [-0.39, 0.29) is 0 Å². The Morgan fingerprint density at radius 2 is 1.53 bits per heavy atom. The van der Waals surface area contributed by atoms with Gasteiger partial charge in [0.2, 0.25) is 0 Å². The molecule has 2 aliphatic rings. The molecule has 1 heterocycles. The Balaban J connectivity index is 1.75. The van der Waals surface area contributed by atoms with Crippen LogP contribution in [-0.4, -0.2) is 38.8 Å². The van der Waals surface area contributed by atoms with Crippen molar-refractivity contribution in [3.8, 4) is 0 Å². The highest BCUT2D eigenvalue weighted by Crippen LogP contribution is 2.21. The van der Waals surface area contributed by atoms with Gasteiger partial charge in [-0.3, -0.25) is 0 Å². The van der Waals surface area contributed by atoms with E-state index in [4.69, 9.17) is 0 Å². The van der Waals surface area contributed by atoms with Gasteiger partial charge in [0, 0.05) is 0 Å². The van der Waals surface area contributed by atoms with Crippen LogP contribution in [0.4, 0.5) is 0 Å². The zero-order chi connectivity index (χ0) is 10.7. The molecule has 0 radical (unpaired) electrons. The molecule has 88 valence electrons. The molecule has 0 atom stereocenters. The first-order valence-corrected chi connectivity index (χ1v) is 6.97. The molecular weight excluding hydrogens is 184 g/mol. The first-order valence-electron chi connectivity index (χ1n) is 6.97. The SMILES string of the molecule is CC[NH+]1CC[NH+](C2CCC(C)CC2)CC1. The van der Waals surface area contributed by atoms with E-state index in [2.05, 4.69) is 13.8 Å². The average molecular weight is 212 g/mol. The minimum atomic E-state index is 1.00. The van der Waals surface area contributed by atoms with Crippen molar-refractivity contribution < 1.29 is 9.80 Å². The van der Waals surface area contributed by atoms with E-state index in [9.17, 15) is 0 Å². The van der Waals surface area contributed by atoms with E-state index in [1.807, 2.05) is 9.80 Å². The first kappa shape index (κ1) is 11.4. The van der Waals surface area contributed by atoms with Gasteiger partial charge in [0.25, 0.3) is 0 Å². The fraction of sp³-hybridized carbons (Fsp3) is 1.00. The molecule has 2 heteroatoms. The lowest BCUT2D eigenvalue weighted by molar-refractivity contribution is -1.02. The molecule has 15 heavy (non-hydrogen) atoms. The summed E-state index contributed by atoms with van der Waals surface area (Å²) in [6, 6.07) is 1.01. The molecule has 0 aromatic carbocycles. The molecule has 0 aromatic heterocycles. The van der Waals surface area contributed by atoms with E-state index in [0.717, 1.165) is 12.0 Å². The fourth-order valence-electron chi connectivity index (χ4n) is 3.35. The van der Waals surface area contributed by atoms with Gasteiger partial charge in [-0.05, 0) is 38.5 Å². The molecule has 1 aliphatic carbocycles. The summed E-state index contributed by atoms with van der Waals surface area (Å²) in [5, 5.41) is 0. The fourth-order valence-corrected chi connectivity index (χ4v) is 3.35. The maximum absolute atomic E-state index is 2.42. The Morgan fingerprint density at radius 1 is 0.933 bits per heavy atom. The van der Waals surface area contributed by atoms with Crippen molar-refractivity contribution in [2.45, 2.75) is 45.6 Å². The highest BCUT2D eigenvalue weighted by molar-refractivity contribution is 4.69. The Hall–Kier alpha value is -0.0800. The van der Waals surface area contributed by atoms with Crippen molar-refractivity contribution in [2.24, 2.45) is 5.92 Å². The summed E-state index contributed by atoms with van der Waals surface area (Å²) in [7, 11) is 0. The minimum absolute atomic E-state index is 1.00. The predicted molar refractivity (Wildman–Crippen MR) is 63.4 cm³/mol. The second-order valence-corrected chi connectivity index (χ2v) is 5.72. The van der Waals surface area contributed by atoms with Crippen LogP contribution in [0.1, 0.15) is 39.5 Å². The summed E-state index contributed by atoms with van der Waals surface area (Å²) in [6.45, 7) is 11.8. The van der Waals surface area contributed by atoms with Crippen LogP contribution in [0.5, 0.6) is 0 Å². The second-order valence-electron chi connectivity index (χ2n) is 5.72. The lowest BCUT2D eigenvalue weighted by Crippen LogP contribution is -3.29. The Labute approximate surface area is 94.6 Å². The number of quaternary nitrogens is 2. The third-order valence-electron chi connectivity index (χ3n) is 4.69. The highest BCUT2D eigenvalue weighted by Gasteiger charge is 2.30. The Morgan fingerprint density at radius 3 is 2.07 bits per heavy atom. The molecule has 1 saturated heterocycles. The smallest absolute Gasteiger partial charge is 0.127 e. The highest BCUT2D eigenvalue weighted by atomic mass is 15.3. The number of hydrogen-bond acceptors (Lipinski definition) is 0. The van der Waals surface area contributed by atoms with E-state index in [1.54, 1.807) is 0 Å². The van der Waals surface area contributed by atoms with Crippen molar-refractivity contribution in [2.75, 3.05) is 32.7 Å². The largest absolute Gasteiger partial charge is 0.326 e. The monoisotopic (exact) mass is 212 g/mol. The summed E-state index contributed by atoms with van der Waals surface area (Å²) >= 11 is 0. The van der Waals surface area contributed by atoms with Gasteiger partial charge in [0.1, 0.15) is 26.2 Å². The summed E-state index contributed by atoms with van der Waals surface area (Å²) < 4.78 is 0. The molecule has 0 amide bonds. The molecule has 2 nitrogen and oxygen atoms in total. The summed E-state index contributed by atoms with van der Waals surface area (Å²) in [6.07, 6.45) is 5.97. The maximum Gasteiger partial charge on any atom is 0.127 e. The normalized spacial score (nSPS) is 42.8. The van der Waals surface area contributed by atoms with Crippen LogP contribution in [0.25, 0.3) is 0 Å². The quantitative estimate of drug-likeness (QED) is 0.603. The topological polar surface area (TPSA) is 8.88 Å². The lowest BCUT2D eigenvalue weighted by atomic mass is 9.86. The number of hydrogen-bond donors (Lipinski definition) is 2. The van der Waals surface area contributed by atoms with Gasteiger partial charge < -0.3 is 9.80 Å². The van der Waals surface area contributed by atoms with Gasteiger partial charge in [-0.25, -0.2) is 0 Å². The zero-order valence-corrected chi connectivity index (χ0v) is 10.5. The molecule has 0 unspecified atom stereocenters. The summed E-state index contributed by atoms with van der Waals surface area (Å²) in [5.74, 6) is 1.00. The van der Waals surface area contributed by atoms with Crippen LogP contribution < -0.4 is 9.80 Å². The van der Waals surface area contributed by atoms with E-state index in [0.29, 0.717) is 0 Å². The second kappa shape index (κ2) is 5.31. The molecule has 2 N–H and O–H groups in total. The van der Waals surface area contributed by atoms with Gasteiger partial charge in [0.05, 0.1) is 12.6 Å². The molecule has 0 bridgehead atoms. The minimum Gasteiger partial charge on any atom is -0.326 e. The molecule has 0 aromatic rings. The molecule has 0 spiro atoms. The predicted octanol–water partition coefficient (Wildman–Crippen LogP) is -0.632.